The Bertz CT molecular complexity index is 1260. The zero-order valence-corrected chi connectivity index (χ0v) is 16.9. The molecule has 3 heterocycles. The topological polar surface area (TPSA) is 16.1 Å². The summed E-state index contributed by atoms with van der Waals surface area (Å²) in [6.45, 7) is 1.92. The summed E-state index contributed by atoms with van der Waals surface area (Å²) in [6.07, 6.45) is 1.84. The Balaban J connectivity index is 1.82. The van der Waals surface area contributed by atoms with E-state index in [0.29, 0.717) is 0 Å². The van der Waals surface area contributed by atoms with Gasteiger partial charge < -0.3 is 0 Å². The van der Waals surface area contributed by atoms with E-state index in [0.717, 1.165) is 36.9 Å². The molecular weight excluding hydrogens is 403 g/mol. The number of thiophene rings is 1. The van der Waals surface area contributed by atoms with Gasteiger partial charge in [0, 0.05) is 0 Å². The average molecular weight is 424 g/mol. The molecule has 0 saturated heterocycles. The first-order valence-corrected chi connectivity index (χ1v) is 11.0. The average Bonchev–Trinajstić information content (AvgIpc) is 3.17. The quantitative estimate of drug-likeness (QED) is 0.423. The minimum atomic E-state index is -2.26. The molecule has 0 unspecified atom stereocenters. The number of aromatic nitrogens is 1. The van der Waals surface area contributed by atoms with E-state index in [1.165, 1.54) is 20.7 Å². The van der Waals surface area contributed by atoms with Crippen molar-refractivity contribution in [2.75, 3.05) is 11.9 Å². The zero-order chi connectivity index (χ0) is 20.3. The molecule has 1 aliphatic heterocycles. The second-order valence-electron chi connectivity index (χ2n) is 6.44. The summed E-state index contributed by atoms with van der Waals surface area (Å²) in [4.78, 5) is 6.23. The summed E-state index contributed by atoms with van der Waals surface area (Å²) in [6, 6.07) is 14.1. The number of pyridine rings is 1. The molecule has 0 atom stereocenters. The molecule has 0 saturated carbocycles. The van der Waals surface area contributed by atoms with Crippen LogP contribution in [0.25, 0.3) is 21.3 Å². The number of hydrogen-bond donors (Lipinski definition) is 0. The summed E-state index contributed by atoms with van der Waals surface area (Å²) in [5, 5.41) is 3.20. The van der Waals surface area contributed by atoms with Crippen molar-refractivity contribution in [2.45, 2.75) is 13.8 Å². The number of nitrogens with zero attached hydrogens (tertiary/aromatic N) is 2. The molecule has 2 nitrogen and oxygen atoms in total. The van der Waals surface area contributed by atoms with Crippen molar-refractivity contribution < 1.29 is 4.11 Å². The third-order valence-corrected chi connectivity index (χ3v) is 8.69. The Morgan fingerprint density at radius 2 is 1.92 bits per heavy atom. The molecule has 0 bridgehead atoms. The fourth-order valence-electron chi connectivity index (χ4n) is 3.42. The van der Waals surface area contributed by atoms with Crippen LogP contribution in [0.4, 0.5) is 11.4 Å². The van der Waals surface area contributed by atoms with Gasteiger partial charge in [0.25, 0.3) is 0 Å². The van der Waals surface area contributed by atoms with Gasteiger partial charge in [0.05, 0.1) is 0 Å². The fourth-order valence-corrected chi connectivity index (χ4v) is 6.97. The van der Waals surface area contributed by atoms with Crippen LogP contribution in [0, 0.1) is 13.8 Å². The molecule has 4 heteroatoms. The Morgan fingerprint density at radius 3 is 2.81 bits per heavy atom. The van der Waals surface area contributed by atoms with Crippen LogP contribution in [0.5, 0.6) is 0 Å². The van der Waals surface area contributed by atoms with Gasteiger partial charge in [-0.15, -0.1) is 0 Å². The van der Waals surface area contributed by atoms with Gasteiger partial charge in [-0.1, -0.05) is 0 Å². The molecule has 2 aromatic heterocycles. The van der Waals surface area contributed by atoms with Crippen molar-refractivity contribution in [1.29, 1.82) is 0 Å². The zero-order valence-electron chi connectivity index (χ0n) is 17.4. The summed E-state index contributed by atoms with van der Waals surface area (Å²) < 4.78 is 28.2. The van der Waals surface area contributed by atoms with Gasteiger partial charge in [-0.3, -0.25) is 0 Å². The summed E-state index contributed by atoms with van der Waals surface area (Å²) in [7, 11) is 0. The molecule has 4 aromatic rings. The number of fused-ring (bicyclic) bond motifs is 3. The van der Waals surface area contributed by atoms with Crippen LogP contribution in [0.2, 0.25) is 0 Å². The Morgan fingerprint density at radius 1 is 1.04 bits per heavy atom. The first kappa shape index (κ1) is 13.1. The molecule has 128 valence electrons. The van der Waals surface area contributed by atoms with Gasteiger partial charge in [-0.05, 0) is 0 Å². The van der Waals surface area contributed by atoms with Crippen LogP contribution in [0.1, 0.15) is 15.2 Å². The van der Waals surface area contributed by atoms with Crippen molar-refractivity contribution in [2.24, 2.45) is 0 Å². The second-order valence-corrected chi connectivity index (χ2v) is 9.53. The molecule has 0 radical (unpaired) electrons. The molecule has 0 spiro atoms. The number of aryl methyl sites for hydroxylation is 1. The van der Waals surface area contributed by atoms with Crippen molar-refractivity contribution in [3.8, 4) is 11.3 Å². The SMILES string of the molecule is [2H]C([2H])([2H])N1c2cccc(-c3nccc4sccc34)c2[Se]c2c1ccc(C)c2C. The maximum atomic E-state index is 8.25. The normalized spacial score (nSPS) is 15.2. The molecule has 1 aliphatic rings. The van der Waals surface area contributed by atoms with Gasteiger partial charge >= 0.3 is 168 Å². The number of hydrogen-bond acceptors (Lipinski definition) is 3. The predicted molar refractivity (Wildman–Crippen MR) is 114 cm³/mol. The van der Waals surface area contributed by atoms with E-state index in [1.807, 2.05) is 36.5 Å². The van der Waals surface area contributed by atoms with Gasteiger partial charge in [-0.2, -0.15) is 0 Å². The van der Waals surface area contributed by atoms with Crippen LogP contribution in [0.3, 0.4) is 0 Å². The van der Waals surface area contributed by atoms with Crippen molar-refractivity contribution >= 4 is 56.7 Å². The molecule has 0 aliphatic carbocycles. The van der Waals surface area contributed by atoms with Crippen LogP contribution in [0.15, 0.2) is 54.0 Å². The maximum absolute atomic E-state index is 8.25. The molecule has 2 aromatic carbocycles. The molecule has 0 amide bonds. The van der Waals surface area contributed by atoms with E-state index in [4.69, 9.17) is 9.10 Å². The van der Waals surface area contributed by atoms with Crippen LogP contribution < -0.4 is 13.8 Å². The molecule has 0 fully saturated rings. The van der Waals surface area contributed by atoms with Crippen LogP contribution in [-0.4, -0.2) is 26.9 Å². The van der Waals surface area contributed by atoms with E-state index < -0.39 is 6.98 Å². The van der Waals surface area contributed by atoms with E-state index in [1.54, 1.807) is 11.3 Å². The van der Waals surface area contributed by atoms with Gasteiger partial charge in [0.2, 0.25) is 0 Å². The molecule has 0 N–H and O–H groups in total. The monoisotopic (exact) mass is 425 g/mol. The van der Waals surface area contributed by atoms with Crippen molar-refractivity contribution in [1.82, 2.24) is 4.98 Å². The number of anilines is 2. The summed E-state index contributed by atoms with van der Waals surface area (Å²) >= 11 is 1.68. The van der Waals surface area contributed by atoms with E-state index in [2.05, 4.69) is 31.4 Å². The minimum absolute atomic E-state index is 0.0149. The van der Waals surface area contributed by atoms with Gasteiger partial charge in [-0.25, -0.2) is 0 Å². The second kappa shape index (κ2) is 5.95. The summed E-state index contributed by atoms with van der Waals surface area (Å²) in [5.41, 5.74) is 5.91. The third-order valence-electron chi connectivity index (χ3n) is 4.97. The first-order valence-electron chi connectivity index (χ1n) is 9.90. The standard InChI is InChI=1S/C22H18N2SSe/c1-13-7-8-18-21(14(13)2)26-22-16(5-4-6-17(22)24(18)3)20-15-10-12-25-19(15)9-11-23-20/h4-12H,1-3H3/i3D3. The van der Waals surface area contributed by atoms with Gasteiger partial charge in [0.15, 0.2) is 0 Å². The number of benzene rings is 2. The third kappa shape index (κ3) is 2.26. The Kier molecular flexibility index (Phi) is 3.00. The van der Waals surface area contributed by atoms with E-state index >= 15 is 0 Å². The van der Waals surface area contributed by atoms with E-state index in [-0.39, 0.29) is 15.0 Å². The fraction of sp³-hybridized carbons (Fsp3) is 0.136. The molecular formula is C22H18N2SSe. The first-order chi connectivity index (χ1) is 13.9. The van der Waals surface area contributed by atoms with Crippen LogP contribution >= 0.6 is 11.3 Å². The van der Waals surface area contributed by atoms with Crippen molar-refractivity contribution in [3.63, 3.8) is 0 Å². The Labute approximate surface area is 167 Å². The Hall–Kier alpha value is -2.13. The van der Waals surface area contributed by atoms with E-state index in [9.17, 15) is 0 Å². The van der Waals surface area contributed by atoms with Crippen molar-refractivity contribution in [3.05, 3.63) is 65.2 Å². The van der Waals surface area contributed by atoms with Gasteiger partial charge in [0.1, 0.15) is 0 Å². The number of rotatable bonds is 1. The molecule has 26 heavy (non-hydrogen) atoms. The predicted octanol–water partition coefficient (Wildman–Crippen LogP) is 4.32. The molecule has 5 rings (SSSR count). The van der Waals surface area contributed by atoms with Crippen LogP contribution in [-0.2, 0) is 0 Å². The summed E-state index contributed by atoms with van der Waals surface area (Å²) in [5.74, 6) is 0.